The smallest absolute Gasteiger partial charge is 0.405 e. The second-order valence-electron chi connectivity index (χ2n) is 9.44. The van der Waals surface area contributed by atoms with Crippen molar-refractivity contribution in [2.75, 3.05) is 13.1 Å². The average Bonchev–Trinajstić information content (AvgIpc) is 3.09. The molecular weight excluding hydrogens is 486 g/mol. The maximum atomic E-state index is 13.2. The number of nitrogens with zero attached hydrogens (tertiary/aromatic N) is 1. The number of hydrogen-bond acceptors (Lipinski definition) is 6. The van der Waals surface area contributed by atoms with Crippen LogP contribution in [0.1, 0.15) is 55.4 Å². The Morgan fingerprint density at radius 1 is 1.25 bits per heavy atom. The van der Waals surface area contributed by atoms with Crippen LogP contribution in [0.2, 0.25) is 0 Å². The number of sulfonamides is 1. The summed E-state index contributed by atoms with van der Waals surface area (Å²) in [4.78, 5) is 27.4. The van der Waals surface area contributed by atoms with Gasteiger partial charge in [-0.05, 0) is 70.6 Å². The Labute approximate surface area is 212 Å². The Morgan fingerprint density at radius 2 is 1.92 bits per heavy atom. The van der Waals surface area contributed by atoms with E-state index in [2.05, 4.69) is 26.9 Å². The summed E-state index contributed by atoms with van der Waals surface area (Å²) in [5, 5.41) is 13.8. The summed E-state index contributed by atoms with van der Waals surface area (Å²) in [5.41, 5.74) is 8.27. The van der Waals surface area contributed by atoms with Crippen molar-refractivity contribution < 1.29 is 27.9 Å². The minimum Gasteiger partial charge on any atom is -0.487 e. The molecule has 2 rings (SSSR count). The number of guanidine groups is 1. The molecule has 12 heteroatoms. The third-order valence-electron chi connectivity index (χ3n) is 5.99. The maximum Gasteiger partial charge on any atom is 0.405 e. The van der Waals surface area contributed by atoms with E-state index in [4.69, 9.17) is 15.6 Å². The van der Waals surface area contributed by atoms with Gasteiger partial charge in [-0.2, -0.15) is 0 Å². The SMILES string of the molecule is C=CCCNC(=O)[C@H](CCCN=C(N)NS(=O)(=O)c1c(C)c(C)c2c(c1C)CC(C)(C)O2)NC(=O)O. The Balaban J connectivity index is 2.09. The van der Waals surface area contributed by atoms with Crippen molar-refractivity contribution in [1.29, 1.82) is 0 Å². The summed E-state index contributed by atoms with van der Waals surface area (Å²) in [6.07, 6.45) is 1.92. The number of carbonyl (C=O) groups is 2. The number of hydrogen-bond donors (Lipinski definition) is 5. The lowest BCUT2D eigenvalue weighted by atomic mass is 9.94. The molecule has 1 atom stereocenters. The topological polar surface area (TPSA) is 172 Å². The molecule has 36 heavy (non-hydrogen) atoms. The van der Waals surface area contributed by atoms with Gasteiger partial charge in [0.05, 0.1) is 4.90 Å². The molecule has 1 aromatic rings. The molecule has 0 bridgehead atoms. The van der Waals surface area contributed by atoms with Gasteiger partial charge in [0, 0.05) is 25.1 Å². The number of benzene rings is 1. The number of nitrogens with two attached hydrogens (primary N) is 1. The van der Waals surface area contributed by atoms with Crippen molar-refractivity contribution in [3.63, 3.8) is 0 Å². The first-order chi connectivity index (χ1) is 16.7. The van der Waals surface area contributed by atoms with E-state index in [0.717, 1.165) is 16.9 Å². The molecule has 0 aliphatic carbocycles. The molecule has 0 fully saturated rings. The monoisotopic (exact) mass is 523 g/mol. The zero-order valence-electron chi connectivity index (χ0n) is 21.5. The van der Waals surface area contributed by atoms with Crippen LogP contribution in [0.25, 0.3) is 0 Å². The zero-order valence-corrected chi connectivity index (χ0v) is 22.3. The fourth-order valence-corrected chi connectivity index (χ4v) is 5.73. The standard InChI is InChI=1S/C24H37N5O6S/c1-7-8-11-26-21(30)18(28-23(31)32)10-9-12-27-22(25)29-36(33,34)20-15(3)14(2)19-17(16(20)4)13-24(5,6)35-19/h7,18,28H,1,8-13H2,2-6H3,(H,26,30)(H,31,32)(H3,25,27,29)/t18-/m0/s1. The number of nitrogens with one attached hydrogen (secondary N) is 3. The van der Waals surface area contributed by atoms with Crippen LogP contribution in [-0.4, -0.2) is 56.2 Å². The van der Waals surface area contributed by atoms with E-state index in [0.29, 0.717) is 36.9 Å². The van der Waals surface area contributed by atoms with Crippen molar-refractivity contribution >= 4 is 28.0 Å². The molecule has 0 spiro atoms. The predicted octanol–water partition coefficient (Wildman–Crippen LogP) is 2.03. The number of fused-ring (bicyclic) bond motifs is 1. The quantitative estimate of drug-likeness (QED) is 0.128. The largest absolute Gasteiger partial charge is 0.487 e. The van der Waals surface area contributed by atoms with Crippen LogP contribution in [0, 0.1) is 20.8 Å². The molecule has 11 nitrogen and oxygen atoms in total. The van der Waals surface area contributed by atoms with Gasteiger partial charge in [-0.25, -0.2) is 17.9 Å². The molecule has 0 saturated heterocycles. The van der Waals surface area contributed by atoms with Crippen molar-refractivity contribution in [3.05, 3.63) is 34.9 Å². The average molecular weight is 524 g/mol. The van der Waals surface area contributed by atoms with Gasteiger partial charge >= 0.3 is 6.09 Å². The summed E-state index contributed by atoms with van der Waals surface area (Å²) >= 11 is 0. The van der Waals surface area contributed by atoms with E-state index in [1.54, 1.807) is 19.9 Å². The highest BCUT2D eigenvalue weighted by atomic mass is 32.2. The highest BCUT2D eigenvalue weighted by Gasteiger charge is 2.36. The molecular formula is C24H37N5O6S. The van der Waals surface area contributed by atoms with Gasteiger partial charge in [-0.15, -0.1) is 6.58 Å². The molecule has 0 unspecified atom stereocenters. The summed E-state index contributed by atoms with van der Waals surface area (Å²) in [6, 6.07) is -0.966. The van der Waals surface area contributed by atoms with Crippen LogP contribution in [0.15, 0.2) is 22.5 Å². The maximum absolute atomic E-state index is 13.2. The normalized spacial score (nSPS) is 15.4. The van der Waals surface area contributed by atoms with Crippen LogP contribution < -0.4 is 25.8 Å². The summed E-state index contributed by atoms with van der Waals surface area (Å²) < 4.78 is 34.8. The van der Waals surface area contributed by atoms with Gasteiger partial charge in [0.15, 0.2) is 0 Å². The third-order valence-corrected chi connectivity index (χ3v) is 7.62. The Hall–Kier alpha value is -3.28. The number of carboxylic acid groups (broad SMARTS) is 1. The second-order valence-corrected chi connectivity index (χ2v) is 11.1. The van der Waals surface area contributed by atoms with Gasteiger partial charge in [0.25, 0.3) is 10.0 Å². The molecule has 0 aromatic heterocycles. The van der Waals surface area contributed by atoms with Gasteiger partial charge in [-0.3, -0.25) is 9.79 Å². The number of carbonyl (C=O) groups excluding carboxylic acids is 1. The predicted molar refractivity (Wildman–Crippen MR) is 138 cm³/mol. The number of aliphatic imine (C=N–C) groups is 1. The molecule has 1 aromatic carbocycles. The second kappa shape index (κ2) is 11.6. The van der Waals surface area contributed by atoms with Crippen LogP contribution >= 0.6 is 0 Å². The van der Waals surface area contributed by atoms with E-state index in [-0.39, 0.29) is 23.8 Å². The Morgan fingerprint density at radius 3 is 2.53 bits per heavy atom. The molecule has 0 saturated carbocycles. The van der Waals surface area contributed by atoms with Gasteiger partial charge in [-0.1, -0.05) is 6.08 Å². The molecule has 200 valence electrons. The van der Waals surface area contributed by atoms with Crippen LogP contribution in [0.4, 0.5) is 4.79 Å². The molecule has 0 radical (unpaired) electrons. The number of rotatable bonds is 11. The van der Waals surface area contributed by atoms with Gasteiger partial charge in [0.1, 0.15) is 17.4 Å². The first-order valence-electron chi connectivity index (χ1n) is 11.7. The minimum atomic E-state index is -4.02. The lowest BCUT2D eigenvalue weighted by Gasteiger charge is -2.19. The number of amides is 2. The summed E-state index contributed by atoms with van der Waals surface area (Å²) in [6.45, 7) is 13.2. The highest BCUT2D eigenvalue weighted by molar-refractivity contribution is 7.90. The van der Waals surface area contributed by atoms with Gasteiger partial charge < -0.3 is 26.2 Å². The van der Waals surface area contributed by atoms with E-state index in [1.807, 2.05) is 20.8 Å². The minimum absolute atomic E-state index is 0.0926. The van der Waals surface area contributed by atoms with E-state index < -0.39 is 33.7 Å². The Kier molecular flexibility index (Phi) is 9.36. The first kappa shape index (κ1) is 29.0. The summed E-state index contributed by atoms with van der Waals surface area (Å²) in [7, 11) is -4.02. The third kappa shape index (κ3) is 7.12. The van der Waals surface area contributed by atoms with E-state index in [1.165, 1.54) is 0 Å². The molecule has 6 N–H and O–H groups in total. The lowest BCUT2D eigenvalue weighted by molar-refractivity contribution is -0.123. The molecule has 1 aliphatic rings. The van der Waals surface area contributed by atoms with Crippen LogP contribution in [-0.2, 0) is 21.2 Å². The van der Waals surface area contributed by atoms with Crippen LogP contribution in [0.5, 0.6) is 5.75 Å². The van der Waals surface area contributed by atoms with E-state index in [9.17, 15) is 18.0 Å². The van der Waals surface area contributed by atoms with Gasteiger partial charge in [0.2, 0.25) is 11.9 Å². The highest BCUT2D eigenvalue weighted by Crippen LogP contribution is 2.43. The molecule has 1 aliphatic heterocycles. The van der Waals surface area contributed by atoms with Crippen LogP contribution in [0.3, 0.4) is 0 Å². The lowest BCUT2D eigenvalue weighted by Crippen LogP contribution is -2.46. The number of ether oxygens (including phenoxy) is 1. The summed E-state index contributed by atoms with van der Waals surface area (Å²) in [5.74, 6) is -0.0163. The first-order valence-corrected chi connectivity index (χ1v) is 13.2. The molecule has 2 amide bonds. The zero-order chi connectivity index (χ0) is 27.3. The van der Waals surface area contributed by atoms with E-state index >= 15 is 0 Å². The van der Waals surface area contributed by atoms with Crippen molar-refractivity contribution in [2.24, 2.45) is 10.7 Å². The van der Waals surface area contributed by atoms with Crippen molar-refractivity contribution in [3.8, 4) is 5.75 Å². The fourth-order valence-electron chi connectivity index (χ4n) is 4.20. The fraction of sp³-hybridized carbons (Fsp3) is 0.542. The Bertz CT molecular complexity index is 1160. The molecule has 1 heterocycles. The van der Waals surface area contributed by atoms with Crippen molar-refractivity contribution in [1.82, 2.24) is 15.4 Å². The van der Waals surface area contributed by atoms with Crippen molar-refractivity contribution in [2.45, 2.75) is 76.8 Å².